The van der Waals surface area contributed by atoms with Crippen molar-refractivity contribution in [1.82, 2.24) is 0 Å². The Bertz CT molecular complexity index is 426. The number of alkyl halides is 1. The molecule has 0 atom stereocenters. The second-order valence-corrected chi connectivity index (χ2v) is 5.72. The molecule has 0 heterocycles. The third kappa shape index (κ3) is 3.30. The van der Waals surface area contributed by atoms with Crippen LogP contribution in [0.5, 0.6) is 0 Å². The first-order valence-electron chi connectivity index (χ1n) is 4.55. The summed E-state index contributed by atoms with van der Waals surface area (Å²) in [4.78, 5) is 21.6. The number of hydrogen-bond acceptors (Lipinski definition) is 3. The summed E-state index contributed by atoms with van der Waals surface area (Å²) in [6.07, 6.45) is 0. The fourth-order valence-corrected chi connectivity index (χ4v) is 1.08. The highest BCUT2D eigenvalue weighted by molar-refractivity contribution is 9.10. The van der Waals surface area contributed by atoms with Crippen LogP contribution in [0, 0.1) is 10.1 Å². The smallest absolute Gasteiger partial charge is 0.271 e. The lowest BCUT2D eigenvalue weighted by molar-refractivity contribution is -0.384. The van der Waals surface area contributed by atoms with Gasteiger partial charge in [0.2, 0.25) is 5.91 Å². The zero-order valence-electron chi connectivity index (χ0n) is 8.86. The number of nitro groups is 1. The van der Waals surface area contributed by atoms with Gasteiger partial charge in [0, 0.05) is 17.8 Å². The Morgan fingerprint density at radius 1 is 1.50 bits per heavy atom. The van der Waals surface area contributed by atoms with Crippen LogP contribution in [0.15, 0.2) is 24.3 Å². The number of hydrogen-bond donors (Lipinski definition) is 1. The first-order chi connectivity index (χ1) is 7.30. The standard InChI is InChI=1S/C10H11BrN2O3/c1-10(2,11)9(14)12-7-4-3-5-8(6-7)13(15)16/h3-6H,1-2H3,(H,12,14). The Kier molecular flexibility index (Phi) is 3.64. The Labute approximate surface area is 101 Å². The topological polar surface area (TPSA) is 72.2 Å². The van der Waals surface area contributed by atoms with E-state index < -0.39 is 9.25 Å². The Morgan fingerprint density at radius 3 is 2.62 bits per heavy atom. The van der Waals surface area contributed by atoms with Crippen molar-refractivity contribution < 1.29 is 9.72 Å². The van der Waals surface area contributed by atoms with Gasteiger partial charge in [0.1, 0.15) is 0 Å². The summed E-state index contributed by atoms with van der Waals surface area (Å²) < 4.78 is -0.711. The molecule has 0 aliphatic rings. The van der Waals surface area contributed by atoms with Crippen LogP contribution < -0.4 is 5.32 Å². The third-order valence-electron chi connectivity index (χ3n) is 1.85. The summed E-state index contributed by atoms with van der Waals surface area (Å²) in [6, 6.07) is 5.81. The van der Waals surface area contributed by atoms with Crippen LogP contribution in [0.4, 0.5) is 11.4 Å². The normalized spacial score (nSPS) is 10.9. The molecule has 0 saturated heterocycles. The SMILES string of the molecule is CC(C)(Br)C(=O)Nc1cccc([N+](=O)[O-])c1. The fourth-order valence-electron chi connectivity index (χ4n) is 0.977. The zero-order chi connectivity index (χ0) is 12.3. The number of rotatable bonds is 3. The molecule has 0 radical (unpaired) electrons. The van der Waals surface area contributed by atoms with E-state index in [0.717, 1.165) is 0 Å². The molecule has 1 N–H and O–H groups in total. The average Bonchev–Trinajstić information content (AvgIpc) is 2.16. The lowest BCUT2D eigenvalue weighted by atomic mass is 10.2. The Morgan fingerprint density at radius 2 is 2.12 bits per heavy atom. The summed E-state index contributed by atoms with van der Waals surface area (Å²) in [7, 11) is 0. The first-order valence-corrected chi connectivity index (χ1v) is 5.35. The van der Waals surface area contributed by atoms with Crippen molar-refractivity contribution in [2.75, 3.05) is 5.32 Å². The van der Waals surface area contributed by atoms with Crippen LogP contribution in [-0.4, -0.2) is 15.2 Å². The van der Waals surface area contributed by atoms with Gasteiger partial charge in [-0.1, -0.05) is 22.0 Å². The highest BCUT2D eigenvalue weighted by Gasteiger charge is 2.23. The molecule has 1 aromatic carbocycles. The molecule has 0 aromatic heterocycles. The highest BCUT2D eigenvalue weighted by atomic mass is 79.9. The maximum Gasteiger partial charge on any atom is 0.271 e. The maximum atomic E-state index is 11.6. The van der Waals surface area contributed by atoms with Crippen LogP contribution >= 0.6 is 15.9 Å². The number of nitrogens with one attached hydrogen (secondary N) is 1. The van der Waals surface area contributed by atoms with Crippen molar-refractivity contribution in [1.29, 1.82) is 0 Å². The van der Waals surface area contributed by atoms with Gasteiger partial charge in [-0.05, 0) is 19.9 Å². The van der Waals surface area contributed by atoms with Crippen LogP contribution in [0.2, 0.25) is 0 Å². The third-order valence-corrected chi connectivity index (χ3v) is 2.21. The van der Waals surface area contributed by atoms with Crippen molar-refractivity contribution in [3.63, 3.8) is 0 Å². The van der Waals surface area contributed by atoms with E-state index >= 15 is 0 Å². The van der Waals surface area contributed by atoms with Gasteiger partial charge in [-0.3, -0.25) is 14.9 Å². The number of amides is 1. The molecule has 0 aliphatic carbocycles. The molecule has 0 unspecified atom stereocenters. The second kappa shape index (κ2) is 4.61. The van der Waals surface area contributed by atoms with Gasteiger partial charge < -0.3 is 5.32 Å². The number of carbonyl (C=O) groups is 1. The summed E-state index contributed by atoms with van der Waals surface area (Å²) in [5.74, 6) is -0.256. The van der Waals surface area contributed by atoms with Gasteiger partial charge in [0.05, 0.1) is 9.25 Å². The molecular weight excluding hydrogens is 276 g/mol. The highest BCUT2D eigenvalue weighted by Crippen LogP contribution is 2.21. The molecule has 0 spiro atoms. The maximum absolute atomic E-state index is 11.6. The van der Waals surface area contributed by atoms with E-state index in [1.165, 1.54) is 18.2 Å². The van der Waals surface area contributed by atoms with E-state index in [2.05, 4.69) is 21.2 Å². The van der Waals surface area contributed by atoms with E-state index in [1.54, 1.807) is 19.9 Å². The van der Waals surface area contributed by atoms with Gasteiger partial charge in [0.15, 0.2) is 0 Å². The minimum Gasteiger partial charge on any atom is -0.325 e. The molecule has 1 amide bonds. The van der Waals surface area contributed by atoms with Crippen molar-refractivity contribution >= 4 is 33.2 Å². The molecule has 0 saturated carbocycles. The number of carbonyl (C=O) groups excluding carboxylic acids is 1. The lowest BCUT2D eigenvalue weighted by Gasteiger charge is -2.15. The molecule has 0 fully saturated rings. The molecule has 86 valence electrons. The first kappa shape index (κ1) is 12.6. The van der Waals surface area contributed by atoms with E-state index in [9.17, 15) is 14.9 Å². The van der Waals surface area contributed by atoms with E-state index in [0.29, 0.717) is 5.69 Å². The molecule has 0 bridgehead atoms. The van der Waals surface area contributed by atoms with Crippen molar-refractivity contribution in [3.8, 4) is 0 Å². The molecule has 6 heteroatoms. The van der Waals surface area contributed by atoms with Gasteiger partial charge in [-0.15, -0.1) is 0 Å². The van der Waals surface area contributed by atoms with Crippen molar-refractivity contribution in [2.45, 2.75) is 18.2 Å². The molecule has 1 rings (SSSR count). The largest absolute Gasteiger partial charge is 0.325 e. The number of nitro benzene ring substituents is 1. The zero-order valence-corrected chi connectivity index (χ0v) is 10.4. The van der Waals surface area contributed by atoms with E-state index in [1.807, 2.05) is 0 Å². The number of non-ortho nitro benzene ring substituents is 1. The Hall–Kier alpha value is -1.43. The summed E-state index contributed by atoms with van der Waals surface area (Å²) in [5, 5.41) is 13.1. The van der Waals surface area contributed by atoms with Crippen LogP contribution in [0.3, 0.4) is 0 Å². The molecule has 5 nitrogen and oxygen atoms in total. The van der Waals surface area contributed by atoms with Gasteiger partial charge in [-0.25, -0.2) is 0 Å². The summed E-state index contributed by atoms with van der Waals surface area (Å²) >= 11 is 3.20. The van der Waals surface area contributed by atoms with Gasteiger partial charge in [0.25, 0.3) is 5.69 Å². The fraction of sp³-hybridized carbons (Fsp3) is 0.300. The molecule has 0 aliphatic heterocycles. The average molecular weight is 287 g/mol. The van der Waals surface area contributed by atoms with Crippen LogP contribution in [0.25, 0.3) is 0 Å². The predicted molar refractivity (Wildman–Crippen MR) is 64.7 cm³/mol. The molecular formula is C10H11BrN2O3. The predicted octanol–water partition coefficient (Wildman–Crippen LogP) is 2.71. The van der Waals surface area contributed by atoms with E-state index in [-0.39, 0.29) is 11.6 Å². The number of halogens is 1. The van der Waals surface area contributed by atoms with Crippen molar-refractivity contribution in [3.05, 3.63) is 34.4 Å². The number of anilines is 1. The lowest BCUT2D eigenvalue weighted by Crippen LogP contribution is -2.30. The molecule has 16 heavy (non-hydrogen) atoms. The van der Waals surface area contributed by atoms with Crippen LogP contribution in [-0.2, 0) is 4.79 Å². The Balaban J connectivity index is 2.87. The number of benzene rings is 1. The quantitative estimate of drug-likeness (QED) is 0.527. The number of nitrogens with zero attached hydrogens (tertiary/aromatic N) is 1. The van der Waals surface area contributed by atoms with Crippen LogP contribution in [0.1, 0.15) is 13.8 Å². The molecule has 1 aromatic rings. The monoisotopic (exact) mass is 286 g/mol. The second-order valence-electron chi connectivity index (χ2n) is 3.73. The van der Waals surface area contributed by atoms with E-state index in [4.69, 9.17) is 0 Å². The minimum atomic E-state index is -0.711. The summed E-state index contributed by atoms with van der Waals surface area (Å²) in [5.41, 5.74) is 0.358. The minimum absolute atomic E-state index is 0.0508. The van der Waals surface area contributed by atoms with Gasteiger partial charge in [-0.2, -0.15) is 0 Å². The summed E-state index contributed by atoms with van der Waals surface area (Å²) in [6.45, 7) is 3.39. The van der Waals surface area contributed by atoms with Crippen molar-refractivity contribution in [2.24, 2.45) is 0 Å². The van der Waals surface area contributed by atoms with Gasteiger partial charge >= 0.3 is 0 Å².